The number of nitrogen functional groups attached to an aromatic ring is 1. The Kier molecular flexibility index (Phi) is 7.90. The molecule has 0 aromatic heterocycles. The summed E-state index contributed by atoms with van der Waals surface area (Å²) in [5.41, 5.74) is 10.2. The summed E-state index contributed by atoms with van der Waals surface area (Å²) in [6.07, 6.45) is 0. The largest absolute Gasteiger partial charge is 0.398 e. The Morgan fingerprint density at radius 1 is 1.30 bits per heavy atom. The average Bonchev–Trinajstić information content (AvgIpc) is 2.13. The van der Waals surface area contributed by atoms with E-state index in [9.17, 15) is 13.2 Å². The van der Waals surface area contributed by atoms with Crippen molar-refractivity contribution < 1.29 is 13.2 Å². The summed E-state index contributed by atoms with van der Waals surface area (Å²) in [7, 11) is -4.09. The van der Waals surface area contributed by atoms with Crippen molar-refractivity contribution in [3.8, 4) is 0 Å². The summed E-state index contributed by atoms with van der Waals surface area (Å²) in [6.45, 7) is 0. The summed E-state index contributed by atoms with van der Waals surface area (Å²) in [4.78, 5) is 11.1. The van der Waals surface area contributed by atoms with Gasteiger partial charge in [-0.25, -0.2) is 13.6 Å². The highest BCUT2D eigenvalue weighted by atomic mass is 35.5. The summed E-state index contributed by atoms with van der Waals surface area (Å²) in [6, 6.07) is 2.00. The first-order valence-corrected chi connectivity index (χ1v) is 6.32. The predicted octanol–water partition coefficient (Wildman–Crippen LogP) is 0.0365. The molecule has 0 atom stereocenters. The first-order chi connectivity index (χ1) is 8.12. The van der Waals surface area contributed by atoms with Crippen molar-refractivity contribution in [2.45, 2.75) is 4.90 Å². The average molecular weight is 365 g/mol. The Morgan fingerprint density at radius 3 is 2.20 bits per heavy atom. The summed E-state index contributed by atoms with van der Waals surface area (Å²) in [5.74, 6) is -1.44. The van der Waals surface area contributed by atoms with Gasteiger partial charge in [-0.15, -0.1) is 24.8 Å². The molecule has 114 valence electrons. The molecule has 0 saturated carbocycles. The molecular weight excluding hydrogens is 353 g/mol. The molecule has 0 aliphatic rings. The maximum Gasteiger partial charge on any atom is 0.260 e. The maximum atomic E-state index is 11.6. The molecule has 0 aliphatic heterocycles. The highest BCUT2D eigenvalue weighted by molar-refractivity contribution is 7.89. The lowest BCUT2D eigenvalue weighted by atomic mass is 10.1. The van der Waals surface area contributed by atoms with Crippen molar-refractivity contribution in [3.05, 3.63) is 22.7 Å². The zero-order valence-electron chi connectivity index (χ0n) is 9.71. The fourth-order valence-electron chi connectivity index (χ4n) is 1.17. The number of halogens is 3. The van der Waals surface area contributed by atoms with Crippen LogP contribution < -0.4 is 21.9 Å². The monoisotopic (exact) mass is 363 g/mol. The molecule has 0 radical (unpaired) electrons. The van der Waals surface area contributed by atoms with Gasteiger partial charge in [0.25, 0.3) is 5.91 Å². The lowest BCUT2D eigenvalue weighted by Crippen LogP contribution is -2.36. The molecule has 0 heterocycles. The van der Waals surface area contributed by atoms with Crippen molar-refractivity contribution >= 4 is 64.0 Å². The minimum Gasteiger partial charge on any atom is -0.398 e. The van der Waals surface area contributed by atoms with Crippen LogP contribution in [0.2, 0.25) is 5.02 Å². The molecule has 1 aromatic rings. The molecule has 0 bridgehead atoms. The molecule has 20 heavy (non-hydrogen) atoms. The van der Waals surface area contributed by atoms with Crippen molar-refractivity contribution in [2.24, 2.45) is 10.9 Å². The number of amides is 1. The van der Waals surface area contributed by atoms with Crippen LogP contribution in [0.5, 0.6) is 0 Å². The topological polar surface area (TPSA) is 165 Å². The Labute approximate surface area is 132 Å². The molecule has 8 N–H and O–H groups in total. The highest BCUT2D eigenvalue weighted by Gasteiger charge is 2.19. The third-order valence-corrected chi connectivity index (χ3v) is 3.28. The van der Waals surface area contributed by atoms with Gasteiger partial charge in [-0.1, -0.05) is 11.6 Å². The van der Waals surface area contributed by atoms with Gasteiger partial charge in [-0.2, -0.15) is 0 Å². The van der Waals surface area contributed by atoms with Crippen LogP contribution in [-0.2, 0) is 10.0 Å². The Hall–Kier alpha value is -1.26. The quantitative estimate of drug-likeness (QED) is 0.283. The molecule has 0 fully saturated rings. The molecule has 0 unspecified atom stereocenters. The fraction of sp³-hybridized carbons (Fsp3) is 0. The standard InChI is InChI=1S/C8H10ClN5O3S.2ClH/c9-4-2-5(10)3(7(15)14-8(11)12)1-6(4)18(13,16)17;;/h1-2H,10H2,(H2,13,16,17)(H4,11,12,14,15);2*1H. The van der Waals surface area contributed by atoms with Crippen molar-refractivity contribution in [1.29, 1.82) is 5.41 Å². The second kappa shape index (κ2) is 7.50. The van der Waals surface area contributed by atoms with Gasteiger partial charge in [-0.05, 0) is 12.1 Å². The predicted molar refractivity (Wildman–Crippen MR) is 81.1 cm³/mol. The van der Waals surface area contributed by atoms with E-state index in [-0.39, 0.29) is 41.1 Å². The molecular formula is C8H12Cl3N5O3S. The Balaban J connectivity index is 0. The van der Waals surface area contributed by atoms with Gasteiger partial charge in [0.1, 0.15) is 4.90 Å². The summed E-state index contributed by atoms with van der Waals surface area (Å²) < 4.78 is 22.4. The molecule has 8 nitrogen and oxygen atoms in total. The fourth-order valence-corrected chi connectivity index (χ4v) is 2.28. The number of hydrogen-bond acceptors (Lipinski definition) is 5. The number of sulfonamides is 1. The van der Waals surface area contributed by atoms with Crippen LogP contribution in [0, 0.1) is 5.41 Å². The SMILES string of the molecule is Cl.Cl.N=C(N)NC(=O)c1cc(S(N)(=O)=O)c(Cl)cc1N. The first kappa shape index (κ1) is 21.0. The number of rotatable bonds is 2. The van der Waals surface area contributed by atoms with Gasteiger partial charge in [0, 0.05) is 5.69 Å². The maximum absolute atomic E-state index is 11.6. The molecule has 0 spiro atoms. The number of benzene rings is 1. The third kappa shape index (κ3) is 5.02. The van der Waals surface area contributed by atoms with Gasteiger partial charge in [0.2, 0.25) is 10.0 Å². The Morgan fingerprint density at radius 2 is 1.80 bits per heavy atom. The molecule has 1 rings (SSSR count). The van der Waals surface area contributed by atoms with E-state index in [0.29, 0.717) is 0 Å². The first-order valence-electron chi connectivity index (χ1n) is 4.40. The molecule has 1 amide bonds. The van der Waals surface area contributed by atoms with Crippen LogP contribution in [0.25, 0.3) is 0 Å². The highest BCUT2D eigenvalue weighted by Crippen LogP contribution is 2.26. The van der Waals surface area contributed by atoms with Crippen LogP contribution in [-0.4, -0.2) is 20.3 Å². The van der Waals surface area contributed by atoms with Crippen LogP contribution >= 0.6 is 36.4 Å². The van der Waals surface area contributed by atoms with E-state index in [1.807, 2.05) is 5.32 Å². The minimum absolute atomic E-state index is 0. The van der Waals surface area contributed by atoms with E-state index >= 15 is 0 Å². The van der Waals surface area contributed by atoms with Crippen molar-refractivity contribution in [1.82, 2.24) is 5.32 Å². The van der Waals surface area contributed by atoms with Gasteiger partial charge >= 0.3 is 0 Å². The number of anilines is 1. The van der Waals surface area contributed by atoms with E-state index in [0.717, 1.165) is 12.1 Å². The van der Waals surface area contributed by atoms with Gasteiger partial charge in [-0.3, -0.25) is 15.5 Å². The molecule has 1 aromatic carbocycles. The lowest BCUT2D eigenvalue weighted by molar-refractivity contribution is 0.0977. The van der Waals surface area contributed by atoms with Crippen LogP contribution in [0.4, 0.5) is 5.69 Å². The second-order valence-electron chi connectivity index (χ2n) is 3.28. The zero-order chi connectivity index (χ0) is 14.1. The van der Waals surface area contributed by atoms with E-state index < -0.39 is 26.8 Å². The van der Waals surface area contributed by atoms with Gasteiger partial charge in [0.15, 0.2) is 5.96 Å². The molecule has 12 heteroatoms. The minimum atomic E-state index is -4.09. The third-order valence-electron chi connectivity index (χ3n) is 1.90. The lowest BCUT2D eigenvalue weighted by Gasteiger charge is -2.09. The van der Waals surface area contributed by atoms with Crippen LogP contribution in [0.3, 0.4) is 0 Å². The number of nitrogens with one attached hydrogen (secondary N) is 2. The summed E-state index contributed by atoms with van der Waals surface area (Å²) in [5, 5.41) is 13.6. The van der Waals surface area contributed by atoms with Gasteiger partial charge < -0.3 is 11.5 Å². The normalized spacial score (nSPS) is 9.90. The Bertz CT molecular complexity index is 634. The number of primary sulfonamides is 1. The van der Waals surface area contributed by atoms with E-state index in [1.165, 1.54) is 0 Å². The van der Waals surface area contributed by atoms with Crippen molar-refractivity contribution in [2.75, 3.05) is 5.73 Å². The van der Waals surface area contributed by atoms with Gasteiger partial charge in [0.05, 0.1) is 10.6 Å². The van der Waals surface area contributed by atoms with Crippen LogP contribution in [0.1, 0.15) is 10.4 Å². The van der Waals surface area contributed by atoms with E-state index in [4.69, 9.17) is 33.6 Å². The number of carbonyl (C=O) groups is 1. The van der Waals surface area contributed by atoms with Crippen molar-refractivity contribution in [3.63, 3.8) is 0 Å². The van der Waals surface area contributed by atoms with E-state index in [1.54, 1.807) is 0 Å². The van der Waals surface area contributed by atoms with E-state index in [2.05, 4.69) is 0 Å². The second-order valence-corrected chi connectivity index (χ2v) is 5.22. The smallest absolute Gasteiger partial charge is 0.260 e. The number of carbonyl (C=O) groups excluding carboxylic acids is 1. The zero-order valence-corrected chi connectivity index (χ0v) is 12.9. The number of nitrogens with two attached hydrogens (primary N) is 3. The number of guanidine groups is 1. The molecule has 0 saturated heterocycles. The summed E-state index contributed by atoms with van der Waals surface area (Å²) >= 11 is 5.66. The number of hydrogen-bond donors (Lipinski definition) is 5. The molecule has 0 aliphatic carbocycles. The van der Waals surface area contributed by atoms with Crippen LogP contribution in [0.15, 0.2) is 17.0 Å².